The lowest BCUT2D eigenvalue weighted by atomic mass is 10.0. The van der Waals surface area contributed by atoms with Gasteiger partial charge < -0.3 is 4.90 Å². The van der Waals surface area contributed by atoms with Crippen molar-refractivity contribution in [3.05, 3.63) is 29.7 Å². The smallest absolute Gasteiger partial charge is 0.254 e. The second-order valence-electron chi connectivity index (χ2n) is 6.46. The van der Waals surface area contributed by atoms with Crippen molar-refractivity contribution < 1.29 is 0 Å². The minimum absolute atomic E-state index is 0.368. The molecule has 0 spiro atoms. The molecule has 4 rings (SSSR count). The van der Waals surface area contributed by atoms with Gasteiger partial charge in [0.2, 0.25) is 0 Å². The molecule has 3 aromatic heterocycles. The predicted octanol–water partition coefficient (Wildman–Crippen LogP) is 1.70. The largest absolute Gasteiger partial charge is 0.352 e. The number of piperidine rings is 1. The van der Waals surface area contributed by atoms with Crippen LogP contribution < -0.4 is 4.90 Å². The van der Waals surface area contributed by atoms with Crippen LogP contribution in [0.1, 0.15) is 36.6 Å². The summed E-state index contributed by atoms with van der Waals surface area (Å²) in [5, 5.41) is 8.90. The standard InChI is InChI=1S/C16H22N8/c1-11-8-15(24-16(19-11)17-10-18-24)22-7-5-4-6-14(22)9-23-13(3)20-12(2)21-23/h8,10,14H,4-7,9H2,1-3H3/t14-/m0/s1. The first-order valence-electron chi connectivity index (χ1n) is 8.44. The Bertz CT molecular complexity index is 864. The number of fused-ring (bicyclic) bond motifs is 1. The fraction of sp³-hybridized carbons (Fsp3) is 0.562. The highest BCUT2D eigenvalue weighted by Gasteiger charge is 2.26. The summed E-state index contributed by atoms with van der Waals surface area (Å²) >= 11 is 0. The van der Waals surface area contributed by atoms with Gasteiger partial charge in [0.1, 0.15) is 23.8 Å². The first-order chi connectivity index (χ1) is 11.6. The molecule has 0 aromatic carbocycles. The molecule has 126 valence electrons. The van der Waals surface area contributed by atoms with Gasteiger partial charge in [-0.25, -0.2) is 14.6 Å². The molecular weight excluding hydrogens is 304 g/mol. The minimum Gasteiger partial charge on any atom is -0.352 e. The Morgan fingerprint density at radius 1 is 1.17 bits per heavy atom. The van der Waals surface area contributed by atoms with Gasteiger partial charge in [0, 0.05) is 18.3 Å². The second-order valence-corrected chi connectivity index (χ2v) is 6.46. The van der Waals surface area contributed by atoms with Crippen LogP contribution in [0.4, 0.5) is 5.82 Å². The summed E-state index contributed by atoms with van der Waals surface area (Å²) in [6.45, 7) is 7.80. The molecule has 1 fully saturated rings. The van der Waals surface area contributed by atoms with E-state index in [0.29, 0.717) is 11.8 Å². The monoisotopic (exact) mass is 326 g/mol. The van der Waals surface area contributed by atoms with Crippen LogP contribution in [0.15, 0.2) is 12.4 Å². The average molecular weight is 326 g/mol. The molecule has 0 aliphatic carbocycles. The van der Waals surface area contributed by atoms with Crippen molar-refractivity contribution in [1.82, 2.24) is 34.3 Å². The van der Waals surface area contributed by atoms with Crippen LogP contribution in [0.25, 0.3) is 5.78 Å². The molecule has 0 radical (unpaired) electrons. The summed E-state index contributed by atoms with van der Waals surface area (Å²) in [5.41, 5.74) is 0.961. The maximum Gasteiger partial charge on any atom is 0.254 e. The summed E-state index contributed by atoms with van der Waals surface area (Å²) in [6.07, 6.45) is 5.12. The van der Waals surface area contributed by atoms with E-state index in [-0.39, 0.29) is 0 Å². The quantitative estimate of drug-likeness (QED) is 0.729. The normalized spacial score (nSPS) is 18.5. The summed E-state index contributed by atoms with van der Waals surface area (Å²) in [6, 6.07) is 2.46. The van der Waals surface area contributed by atoms with Crippen LogP contribution in [-0.4, -0.2) is 46.9 Å². The van der Waals surface area contributed by atoms with Crippen LogP contribution in [0.3, 0.4) is 0 Å². The molecule has 0 N–H and O–H groups in total. The van der Waals surface area contributed by atoms with Gasteiger partial charge in [0.15, 0.2) is 0 Å². The van der Waals surface area contributed by atoms with E-state index in [9.17, 15) is 0 Å². The molecule has 1 saturated heterocycles. The molecule has 3 aromatic rings. The Morgan fingerprint density at radius 2 is 2.04 bits per heavy atom. The van der Waals surface area contributed by atoms with Gasteiger partial charge >= 0.3 is 0 Å². The van der Waals surface area contributed by atoms with E-state index in [2.05, 4.69) is 36.1 Å². The minimum atomic E-state index is 0.368. The highest BCUT2D eigenvalue weighted by molar-refractivity contribution is 5.48. The predicted molar refractivity (Wildman–Crippen MR) is 90.0 cm³/mol. The van der Waals surface area contributed by atoms with Crippen molar-refractivity contribution in [2.45, 2.75) is 52.6 Å². The van der Waals surface area contributed by atoms with Gasteiger partial charge in [-0.15, -0.1) is 0 Å². The fourth-order valence-corrected chi connectivity index (χ4v) is 3.54. The first-order valence-corrected chi connectivity index (χ1v) is 8.44. The van der Waals surface area contributed by atoms with Gasteiger partial charge in [-0.05, 0) is 40.0 Å². The Balaban J connectivity index is 1.71. The maximum atomic E-state index is 4.53. The lowest BCUT2D eigenvalue weighted by Gasteiger charge is -2.37. The lowest BCUT2D eigenvalue weighted by molar-refractivity contribution is 0.390. The van der Waals surface area contributed by atoms with Crippen LogP contribution >= 0.6 is 0 Å². The molecule has 1 atom stereocenters. The molecule has 0 unspecified atom stereocenters. The van der Waals surface area contributed by atoms with Crippen molar-refractivity contribution in [2.24, 2.45) is 0 Å². The summed E-state index contributed by atoms with van der Waals surface area (Å²) in [4.78, 5) is 15.6. The number of hydrogen-bond acceptors (Lipinski definition) is 6. The van der Waals surface area contributed by atoms with E-state index in [1.807, 2.05) is 30.0 Å². The highest BCUT2D eigenvalue weighted by Crippen LogP contribution is 2.26. The number of aryl methyl sites for hydroxylation is 3. The van der Waals surface area contributed by atoms with E-state index in [4.69, 9.17) is 0 Å². The maximum absolute atomic E-state index is 4.53. The van der Waals surface area contributed by atoms with Gasteiger partial charge in [0.25, 0.3) is 5.78 Å². The number of rotatable bonds is 3. The zero-order chi connectivity index (χ0) is 16.7. The van der Waals surface area contributed by atoms with Crippen LogP contribution in [0, 0.1) is 20.8 Å². The lowest BCUT2D eigenvalue weighted by Crippen LogP contribution is -2.43. The topological polar surface area (TPSA) is 77.0 Å². The molecule has 1 aliphatic heterocycles. The van der Waals surface area contributed by atoms with Crippen molar-refractivity contribution >= 4 is 11.6 Å². The molecule has 0 saturated carbocycles. The zero-order valence-electron chi connectivity index (χ0n) is 14.3. The Morgan fingerprint density at radius 3 is 2.83 bits per heavy atom. The molecule has 4 heterocycles. The third-order valence-electron chi connectivity index (χ3n) is 4.63. The van der Waals surface area contributed by atoms with E-state index in [1.165, 1.54) is 12.8 Å². The third-order valence-corrected chi connectivity index (χ3v) is 4.63. The SMILES string of the molecule is Cc1cc(N2CCCC[C@H]2Cn2nc(C)nc2C)n2ncnc2n1. The van der Waals surface area contributed by atoms with Gasteiger partial charge in [-0.2, -0.15) is 19.7 Å². The van der Waals surface area contributed by atoms with Gasteiger partial charge in [-0.1, -0.05) is 0 Å². The van der Waals surface area contributed by atoms with E-state index in [1.54, 1.807) is 6.33 Å². The second kappa shape index (κ2) is 5.85. The van der Waals surface area contributed by atoms with Crippen LogP contribution in [0.5, 0.6) is 0 Å². The summed E-state index contributed by atoms with van der Waals surface area (Å²) < 4.78 is 3.86. The van der Waals surface area contributed by atoms with Crippen molar-refractivity contribution in [2.75, 3.05) is 11.4 Å². The molecule has 24 heavy (non-hydrogen) atoms. The number of aromatic nitrogens is 7. The average Bonchev–Trinajstić information content (AvgIpc) is 3.13. The molecular formula is C16H22N8. The van der Waals surface area contributed by atoms with Gasteiger partial charge in [-0.3, -0.25) is 0 Å². The van der Waals surface area contributed by atoms with E-state index >= 15 is 0 Å². The molecule has 0 bridgehead atoms. The first kappa shape index (κ1) is 15.0. The Labute approximate surface area is 140 Å². The van der Waals surface area contributed by atoms with Gasteiger partial charge in [0.05, 0.1) is 12.6 Å². The fourth-order valence-electron chi connectivity index (χ4n) is 3.54. The summed E-state index contributed by atoms with van der Waals surface area (Å²) in [7, 11) is 0. The Kier molecular flexibility index (Phi) is 3.66. The van der Waals surface area contributed by atoms with E-state index < -0.39 is 0 Å². The molecule has 0 amide bonds. The third kappa shape index (κ3) is 2.61. The molecule has 8 nitrogen and oxygen atoms in total. The highest BCUT2D eigenvalue weighted by atomic mass is 15.4. The van der Waals surface area contributed by atoms with Crippen molar-refractivity contribution in [1.29, 1.82) is 0 Å². The zero-order valence-corrected chi connectivity index (χ0v) is 14.3. The van der Waals surface area contributed by atoms with Crippen molar-refractivity contribution in [3.8, 4) is 0 Å². The van der Waals surface area contributed by atoms with Crippen molar-refractivity contribution in [3.63, 3.8) is 0 Å². The molecule has 1 aliphatic rings. The van der Waals surface area contributed by atoms with E-state index in [0.717, 1.165) is 42.7 Å². The summed E-state index contributed by atoms with van der Waals surface area (Å²) in [5.74, 6) is 3.51. The number of anilines is 1. The Hall–Kier alpha value is -2.51. The number of nitrogens with zero attached hydrogens (tertiary/aromatic N) is 8. The van der Waals surface area contributed by atoms with Crippen LogP contribution in [0.2, 0.25) is 0 Å². The van der Waals surface area contributed by atoms with Crippen LogP contribution in [-0.2, 0) is 6.54 Å². The number of hydrogen-bond donors (Lipinski definition) is 0. The molecule has 8 heteroatoms.